The first-order valence-corrected chi connectivity index (χ1v) is 10.5. The van der Waals surface area contributed by atoms with Gasteiger partial charge in [-0.15, -0.1) is 0 Å². The fraction of sp³-hybridized carbons (Fsp3) is 0.200. The maximum absolute atomic E-state index is 13.1. The first kappa shape index (κ1) is 20.1. The molecule has 0 radical (unpaired) electrons. The number of nitrogens with one attached hydrogen (secondary N) is 1. The van der Waals surface area contributed by atoms with E-state index in [-0.39, 0.29) is 6.61 Å². The molecule has 1 aliphatic rings. The number of aromatic nitrogens is 2. The second-order valence-electron chi connectivity index (χ2n) is 7.90. The standard InChI is InChI=1S/C25H23N3O4/c1-27-13-18(16-6-3-4-7-20(16)27)22-23(25(31)26-24(22)30)19-14-28(10-5-11-29)21-9-8-15(32-2)12-17(19)21/h3-4,6-9,12-14,29H,5,10-11H2,1-2H3,(H,26,30,31). The third-order valence-corrected chi connectivity index (χ3v) is 6.01. The number of amides is 2. The number of aryl methyl sites for hydroxylation is 2. The van der Waals surface area contributed by atoms with Crippen LogP contribution in [-0.4, -0.2) is 39.8 Å². The Balaban J connectivity index is 1.82. The van der Waals surface area contributed by atoms with E-state index in [2.05, 4.69) is 5.32 Å². The largest absolute Gasteiger partial charge is 0.497 e. The highest BCUT2D eigenvalue weighted by Gasteiger charge is 2.35. The number of ether oxygens (including phenoxy) is 1. The number of imide groups is 1. The van der Waals surface area contributed by atoms with Crippen molar-refractivity contribution in [2.75, 3.05) is 13.7 Å². The lowest BCUT2D eigenvalue weighted by Gasteiger charge is -2.05. The number of carbonyl (C=O) groups excluding carboxylic acids is 2. The zero-order valence-electron chi connectivity index (χ0n) is 17.9. The van der Waals surface area contributed by atoms with Crippen LogP contribution in [0.4, 0.5) is 0 Å². The summed E-state index contributed by atoms with van der Waals surface area (Å²) in [5.41, 5.74) is 4.01. The number of hydrogen-bond donors (Lipinski definition) is 2. The number of aliphatic hydroxyl groups excluding tert-OH is 1. The first-order chi connectivity index (χ1) is 15.5. The Kier molecular flexibility index (Phi) is 4.83. The summed E-state index contributed by atoms with van der Waals surface area (Å²) in [4.78, 5) is 26.1. The molecule has 0 atom stereocenters. The minimum Gasteiger partial charge on any atom is -0.497 e. The first-order valence-electron chi connectivity index (χ1n) is 10.5. The number of nitrogens with zero attached hydrogens (tertiary/aromatic N) is 2. The van der Waals surface area contributed by atoms with Gasteiger partial charge in [0.25, 0.3) is 11.8 Å². The van der Waals surface area contributed by atoms with E-state index >= 15 is 0 Å². The molecular weight excluding hydrogens is 406 g/mol. The van der Waals surface area contributed by atoms with E-state index in [1.54, 1.807) is 7.11 Å². The van der Waals surface area contributed by atoms with Crippen molar-refractivity contribution in [3.63, 3.8) is 0 Å². The van der Waals surface area contributed by atoms with Crippen LogP contribution < -0.4 is 10.1 Å². The van der Waals surface area contributed by atoms with Crippen molar-refractivity contribution in [1.82, 2.24) is 14.5 Å². The fourth-order valence-corrected chi connectivity index (χ4v) is 4.54. The topological polar surface area (TPSA) is 85.5 Å². The molecule has 32 heavy (non-hydrogen) atoms. The SMILES string of the molecule is COc1ccc2c(c1)c(C1=C(c3cn(C)c4ccccc34)C(=O)NC1=O)cn2CCCO. The minimum absolute atomic E-state index is 0.0636. The fourth-order valence-electron chi connectivity index (χ4n) is 4.54. The molecule has 162 valence electrons. The molecule has 2 aromatic heterocycles. The van der Waals surface area contributed by atoms with Crippen LogP contribution in [0.1, 0.15) is 17.5 Å². The molecule has 0 aliphatic carbocycles. The molecule has 3 heterocycles. The summed E-state index contributed by atoms with van der Waals surface area (Å²) in [5, 5.41) is 13.5. The molecule has 0 fully saturated rings. The molecular formula is C25H23N3O4. The summed E-state index contributed by atoms with van der Waals surface area (Å²) >= 11 is 0. The Labute approximate surface area is 184 Å². The monoisotopic (exact) mass is 429 g/mol. The lowest BCUT2D eigenvalue weighted by molar-refractivity contribution is -0.122. The van der Waals surface area contributed by atoms with Gasteiger partial charge in [0.15, 0.2) is 0 Å². The van der Waals surface area contributed by atoms with Crippen LogP contribution in [-0.2, 0) is 23.2 Å². The van der Waals surface area contributed by atoms with Gasteiger partial charge in [-0.25, -0.2) is 0 Å². The van der Waals surface area contributed by atoms with Gasteiger partial charge in [-0.2, -0.15) is 0 Å². The summed E-state index contributed by atoms with van der Waals surface area (Å²) in [5.74, 6) is -0.154. The van der Waals surface area contributed by atoms with E-state index in [4.69, 9.17) is 4.74 Å². The molecule has 1 aliphatic heterocycles. The van der Waals surface area contributed by atoms with E-state index in [1.165, 1.54) is 0 Å². The van der Waals surface area contributed by atoms with Gasteiger partial charge >= 0.3 is 0 Å². The molecule has 0 bridgehead atoms. The molecule has 2 N–H and O–H groups in total. The van der Waals surface area contributed by atoms with Crippen molar-refractivity contribution in [3.05, 3.63) is 66.0 Å². The summed E-state index contributed by atoms with van der Waals surface area (Å²) in [6, 6.07) is 13.5. The normalized spacial score (nSPS) is 14.1. The third-order valence-electron chi connectivity index (χ3n) is 6.01. The average molecular weight is 429 g/mol. The lowest BCUT2D eigenvalue weighted by atomic mass is 9.95. The van der Waals surface area contributed by atoms with Crippen molar-refractivity contribution in [2.24, 2.45) is 7.05 Å². The molecule has 4 aromatic rings. The predicted molar refractivity (Wildman–Crippen MR) is 123 cm³/mol. The highest BCUT2D eigenvalue weighted by molar-refractivity contribution is 6.50. The van der Waals surface area contributed by atoms with Crippen LogP contribution >= 0.6 is 0 Å². The van der Waals surface area contributed by atoms with Crippen molar-refractivity contribution in [3.8, 4) is 5.75 Å². The smallest absolute Gasteiger partial charge is 0.259 e. The number of benzene rings is 2. The molecule has 0 unspecified atom stereocenters. The van der Waals surface area contributed by atoms with Crippen LogP contribution in [0.15, 0.2) is 54.9 Å². The third kappa shape index (κ3) is 3.01. The van der Waals surface area contributed by atoms with E-state index in [1.807, 2.05) is 71.0 Å². The summed E-state index contributed by atoms with van der Waals surface area (Å²) in [6.45, 7) is 0.653. The molecule has 0 saturated heterocycles. The van der Waals surface area contributed by atoms with E-state index < -0.39 is 11.8 Å². The Bertz CT molecular complexity index is 1420. The molecule has 7 nitrogen and oxygen atoms in total. The van der Waals surface area contributed by atoms with E-state index in [0.717, 1.165) is 27.4 Å². The lowest BCUT2D eigenvalue weighted by Crippen LogP contribution is -2.22. The van der Waals surface area contributed by atoms with Crippen LogP contribution in [0.3, 0.4) is 0 Å². The van der Waals surface area contributed by atoms with E-state index in [9.17, 15) is 14.7 Å². The summed E-state index contributed by atoms with van der Waals surface area (Å²) in [6.07, 6.45) is 4.36. The zero-order chi connectivity index (χ0) is 22.4. The van der Waals surface area contributed by atoms with Gasteiger partial charge in [0.05, 0.1) is 18.3 Å². The van der Waals surface area contributed by atoms with Crippen molar-refractivity contribution in [2.45, 2.75) is 13.0 Å². The number of rotatable bonds is 6. The van der Waals surface area contributed by atoms with Gasteiger partial charge in [0.1, 0.15) is 5.75 Å². The number of carbonyl (C=O) groups is 2. The quantitative estimate of drug-likeness (QED) is 0.461. The number of hydrogen-bond acceptors (Lipinski definition) is 4. The average Bonchev–Trinajstić information content (AvgIpc) is 3.42. The van der Waals surface area contributed by atoms with Gasteiger partial charge in [-0.05, 0) is 30.7 Å². The summed E-state index contributed by atoms with van der Waals surface area (Å²) in [7, 11) is 3.52. The summed E-state index contributed by atoms with van der Waals surface area (Å²) < 4.78 is 9.38. The molecule has 2 amide bonds. The maximum Gasteiger partial charge on any atom is 0.259 e. The van der Waals surface area contributed by atoms with Gasteiger partial charge < -0.3 is 19.0 Å². The Morgan fingerprint density at radius 1 is 0.938 bits per heavy atom. The number of para-hydroxylation sites is 1. The zero-order valence-corrected chi connectivity index (χ0v) is 17.9. The number of methoxy groups -OCH3 is 1. The highest BCUT2D eigenvalue weighted by Crippen LogP contribution is 2.39. The Morgan fingerprint density at radius 3 is 2.38 bits per heavy atom. The predicted octanol–water partition coefficient (Wildman–Crippen LogP) is 3.09. The molecule has 2 aromatic carbocycles. The number of aliphatic hydroxyl groups is 1. The Morgan fingerprint density at radius 2 is 1.66 bits per heavy atom. The number of fused-ring (bicyclic) bond motifs is 2. The van der Waals surface area contributed by atoms with Crippen LogP contribution in [0, 0.1) is 0 Å². The maximum atomic E-state index is 13.1. The van der Waals surface area contributed by atoms with Gasteiger partial charge in [-0.1, -0.05) is 18.2 Å². The van der Waals surface area contributed by atoms with Gasteiger partial charge in [-0.3, -0.25) is 14.9 Å². The molecule has 7 heteroatoms. The van der Waals surface area contributed by atoms with Crippen LogP contribution in [0.25, 0.3) is 33.0 Å². The Hall–Kier alpha value is -3.84. The minimum atomic E-state index is -0.415. The van der Waals surface area contributed by atoms with Crippen molar-refractivity contribution in [1.29, 1.82) is 0 Å². The molecule has 0 spiro atoms. The highest BCUT2D eigenvalue weighted by atomic mass is 16.5. The second-order valence-corrected chi connectivity index (χ2v) is 7.90. The molecule has 0 saturated carbocycles. The molecule has 5 rings (SSSR count). The van der Waals surface area contributed by atoms with Gasteiger partial charge in [0, 0.05) is 65.5 Å². The second kappa shape index (κ2) is 7.69. The van der Waals surface area contributed by atoms with Crippen molar-refractivity contribution >= 4 is 44.8 Å². The van der Waals surface area contributed by atoms with Crippen LogP contribution in [0.2, 0.25) is 0 Å². The van der Waals surface area contributed by atoms with E-state index in [0.29, 0.717) is 35.4 Å². The van der Waals surface area contributed by atoms with Crippen molar-refractivity contribution < 1.29 is 19.4 Å². The van der Waals surface area contributed by atoms with Crippen LogP contribution in [0.5, 0.6) is 5.75 Å². The van der Waals surface area contributed by atoms with Gasteiger partial charge in [0.2, 0.25) is 0 Å².